The van der Waals surface area contributed by atoms with Gasteiger partial charge in [-0.2, -0.15) is 54.5 Å². The van der Waals surface area contributed by atoms with E-state index in [1.165, 1.54) is 40.7 Å². The van der Waals surface area contributed by atoms with Gasteiger partial charge in [0.05, 0.1) is 69.3 Å². The Kier molecular flexibility index (Phi) is 20.0. The van der Waals surface area contributed by atoms with Crippen molar-refractivity contribution in [3.63, 3.8) is 0 Å². The predicted octanol–water partition coefficient (Wildman–Crippen LogP) is 22.8. The molecule has 3 aliphatic carbocycles. The van der Waals surface area contributed by atoms with Crippen LogP contribution in [0.25, 0.3) is 33.4 Å². The van der Waals surface area contributed by atoms with Crippen LogP contribution in [0.5, 0.6) is 0 Å². The van der Waals surface area contributed by atoms with E-state index in [2.05, 4.69) is 19.9 Å². The van der Waals surface area contributed by atoms with Crippen molar-refractivity contribution in [1.82, 2.24) is 58.1 Å². The fraction of sp³-hybridized carbons (Fsp3) is 0.378. The van der Waals surface area contributed by atoms with Crippen molar-refractivity contribution >= 4 is 53.0 Å². The van der Waals surface area contributed by atoms with Gasteiger partial charge < -0.3 is 43.1 Å². The van der Waals surface area contributed by atoms with Crippen LogP contribution in [0.4, 0.5) is 52.7 Å². The first kappa shape index (κ1) is 57.3. The third-order valence-electron chi connectivity index (χ3n) is 21.2. The molecule has 33 heteroatoms. The average Bonchev–Trinajstić information content (AvgIpc) is 1.52. The number of fused-ring (bicyclic) bond motifs is 3. The first-order valence-electron chi connectivity index (χ1n) is 70.6. The summed E-state index contributed by atoms with van der Waals surface area (Å²) in [5, 5.41) is -2.24. The van der Waals surface area contributed by atoms with E-state index in [1.807, 2.05) is 13.8 Å². The maximum Gasteiger partial charge on any atom is 0.416 e. The lowest BCUT2D eigenvalue weighted by Crippen LogP contribution is -2.42. The summed E-state index contributed by atoms with van der Waals surface area (Å²) >= 11 is 0.421. The Balaban J connectivity index is 0.000000244. The number of hydrogen-bond donors (Lipinski definition) is 0. The van der Waals surface area contributed by atoms with Gasteiger partial charge in [-0.05, 0) is 249 Å². The molecule has 0 spiro atoms. The monoisotopic (exact) mass is 2100 g/mol. The number of alkyl halides is 9. The van der Waals surface area contributed by atoms with Crippen LogP contribution in [0.15, 0.2) is 242 Å². The highest BCUT2D eigenvalue weighted by Gasteiger charge is 2.36. The molecule has 0 bridgehead atoms. The quantitative estimate of drug-likeness (QED) is 0.0202. The van der Waals surface area contributed by atoms with Crippen LogP contribution in [-0.4, -0.2) is 154 Å². The zero-order valence-corrected chi connectivity index (χ0v) is 79.6. The van der Waals surface area contributed by atoms with Crippen LogP contribution >= 0.6 is 35.3 Å². The second kappa shape index (κ2) is 50.3. The van der Waals surface area contributed by atoms with Crippen molar-refractivity contribution < 1.29 is 142 Å². The third kappa shape index (κ3) is 29.1. The van der Waals surface area contributed by atoms with E-state index >= 15 is 9.59 Å². The Hall–Kier alpha value is -11.9. The van der Waals surface area contributed by atoms with Gasteiger partial charge in [-0.15, -0.1) is 0 Å². The molecule has 0 aliphatic heterocycles. The molecule has 0 N–H and O–H groups in total. The van der Waals surface area contributed by atoms with Gasteiger partial charge in [-0.25, -0.2) is 13.2 Å². The molecule has 0 radical (unpaired) electrons. The topological polar surface area (TPSA) is 175 Å². The lowest BCUT2D eigenvalue weighted by molar-refractivity contribution is -0.138. The van der Waals surface area contributed by atoms with E-state index < -0.39 is 445 Å². The highest BCUT2D eigenvalue weighted by atomic mass is 32.2. The largest absolute Gasteiger partial charge is 0.416 e. The normalized spacial score (nSPS) is 21.8. The van der Waals surface area contributed by atoms with E-state index in [-0.39, 0.29) is 69.2 Å². The number of rotatable bonds is 39. The molecule has 0 saturated carbocycles. The average molecular weight is 2100 g/mol. The van der Waals surface area contributed by atoms with Gasteiger partial charge >= 0.3 is 18.5 Å². The molecule has 762 valence electrons. The fourth-order valence-corrected chi connectivity index (χ4v) is 16.2. The number of thioether (sulfide) groups is 3. The van der Waals surface area contributed by atoms with Crippen molar-refractivity contribution in [2.24, 2.45) is 5.89 Å². The van der Waals surface area contributed by atoms with Crippen molar-refractivity contribution in [3.05, 3.63) is 350 Å². The van der Waals surface area contributed by atoms with Crippen molar-refractivity contribution in [2.75, 3.05) is 78.2 Å². The molecule has 9 aromatic carbocycles. The van der Waals surface area contributed by atoms with Gasteiger partial charge in [0.15, 0.2) is 15.5 Å². The Morgan fingerprint density at radius 2 is 0.875 bits per heavy atom. The zero-order valence-electron chi connectivity index (χ0n) is 132. The third-order valence-corrected chi connectivity index (χ3v) is 23.8. The number of aromatic nitrogens is 6. The summed E-state index contributed by atoms with van der Waals surface area (Å²) in [4.78, 5) is 97.9. The van der Waals surface area contributed by atoms with Gasteiger partial charge in [0.1, 0.15) is 37.0 Å². The van der Waals surface area contributed by atoms with Crippen LogP contribution in [0.2, 0.25) is 0 Å². The van der Waals surface area contributed by atoms with Crippen LogP contribution < -0.4 is 16.7 Å². The first-order chi connectivity index (χ1) is 90.2. The number of hydrogen-bond acceptors (Lipinski definition) is 15. The molecule has 12 aromatic rings. The van der Waals surface area contributed by atoms with E-state index in [9.17, 15) is 86.9 Å². The summed E-state index contributed by atoms with van der Waals surface area (Å²) in [5.41, 5.74) is -26.6. The zero-order chi connectivity index (χ0) is 152. The fourth-order valence-electron chi connectivity index (χ4n) is 13.9. The SMILES string of the molecule is [2H]C(C)(c1ccc(-c2ccc(C(F)(F)F)cc2)cc1)N(CCN(CC)CC)C(=O)C([2H])([2H])n1c(SCc2ccc(F)cc2)nc(=O)c2c1CCC2.[2H]c1c([2H])c(C([2H])([2H])Sc2nc(=O)c3c(n2CC(=O)N(C([2H])([2H])c2c([2H])c([2H])c(-c4c([2H])c([2H])c(C(F)(F)F)c(C)c4[2H])c([2H])c2[2H])C([2H])([2H])C([2H])([2H])N(C([2H])([2H])C)C([2H])([2H])C)CCC3)c([2H])c([2H])c1F.[2H]c1c([2H])c(C([2H])([2H])Sc2nc(=O)c3c(n2CC(=O)N(C([2H])([2H])c2c([2H])c([2H])c(-c4c([2H])c([2H])c(C(F)(F)F)c([2H])c4[2H])c([2H])c2[2H])C([2H])([2H])C([2H])([2H])N(C([2H])([2H])C)C([2H])([2H])C)C([2H])([2H])C([2H])(C)C3([2H])[2H])c([2H])c([2H])c1F. The smallest absolute Gasteiger partial charge is 0.336 e. The number of amides is 3. The molecule has 2 atom stereocenters. The number of benzene rings is 9. The molecule has 144 heavy (non-hydrogen) atoms. The number of carbonyl (C=O) groups excluding carboxylic acids is 3. The maximum absolute atomic E-state index is 15.4. The minimum absolute atomic E-state index is 0.00849. The van der Waals surface area contributed by atoms with Crippen molar-refractivity contribution in [2.45, 2.75) is 203 Å². The molecule has 3 aliphatic rings. The van der Waals surface area contributed by atoms with Gasteiger partial charge in [0, 0.05) is 132 Å². The number of carbonyl (C=O) groups is 3. The van der Waals surface area contributed by atoms with Crippen LogP contribution in [-0.2, 0) is 121 Å². The molecular weight excluding hydrogens is 1920 g/mol. The van der Waals surface area contributed by atoms with Gasteiger partial charge in [-0.1, -0.05) is 229 Å². The number of likely N-dealkylation sites (N-methyl/N-ethyl adjacent to an activating group) is 3. The molecule has 18 nitrogen and oxygen atoms in total. The molecule has 3 heterocycles. The Labute approximate surface area is 922 Å². The molecule has 0 saturated heterocycles. The van der Waals surface area contributed by atoms with Crippen molar-refractivity contribution in [1.29, 1.82) is 0 Å². The maximum atomic E-state index is 15.4. The van der Waals surface area contributed by atoms with E-state index in [1.54, 1.807) is 36.4 Å². The molecule has 0 fully saturated rings. The standard InChI is InChI=1S/3C37H40F4N4O2S/c1-4-43(5-2)18-19-44(22-26-6-10-28(11-7-26)29-12-14-30(15-13-29)37(39,40)41)34(46)23-45-33-21-25(3)20-32(33)35(47)42-36(45)48-24-27-8-16-31(38)17-9-27;1-4-43(5-2)21-22-44(25(3)27-11-13-28(14-12-27)29-15-17-30(18-16-29)37(39,40)41)34(46)23-45-33-8-6-7-32(33)35(47)42-36(45)48-24-26-9-19-31(38)20-10-26;1-4-43(5-2)19-20-44(22-26-9-13-28(14-10-26)29-15-18-32(25(3)21-29)37(39,40)41)34(46)23-45-33-8-6-7-31(33)35(47)42-36(45)48-24-27-11-16-30(38)17-12-27/h6-17,25H,4-5,18-24H2,1-3H3;9-20,25H,4-8,21-24H2,1-3H3;9-18,21H,4-8,19-20,22-24H2,1-3H3/i4D2,5D2,6D,7D,8D,9D,10D,11D,12D,13D,14D,15D,16D,17D,18D2,19D2,20D2,21D2,22D2,24D2,25D;23D2,25D;4D2,5D2,9D,10D,11D,12D,13D,14D,15D,16D,17D,18D,19D2,20D2,21D,22D2,24D2. The van der Waals surface area contributed by atoms with E-state index in [4.69, 9.17) is 60.3 Å². The molecule has 15 rings (SSSR count). The van der Waals surface area contributed by atoms with Gasteiger partial charge in [0.2, 0.25) is 17.7 Å². The highest BCUT2D eigenvalue weighted by molar-refractivity contribution is 7.98. The molecule has 3 aromatic heterocycles. The summed E-state index contributed by atoms with van der Waals surface area (Å²) in [6.07, 6.45) is -21.1. The Morgan fingerprint density at radius 3 is 1.33 bits per heavy atom. The van der Waals surface area contributed by atoms with Gasteiger partial charge in [-0.3, -0.25) is 28.8 Å². The van der Waals surface area contributed by atoms with Crippen LogP contribution in [0.3, 0.4) is 0 Å². The van der Waals surface area contributed by atoms with Crippen molar-refractivity contribution in [3.8, 4) is 33.4 Å². The lowest BCUT2D eigenvalue weighted by atomic mass is 9.98. The second-order valence-electron chi connectivity index (χ2n) is 30.5. The highest BCUT2D eigenvalue weighted by Crippen LogP contribution is 2.39. The Bertz CT molecular complexity index is 9560. The summed E-state index contributed by atoms with van der Waals surface area (Å²) < 4.78 is 646. The number of halogens is 12. The van der Waals surface area contributed by atoms with Gasteiger partial charge in [0.25, 0.3) is 16.7 Å². The minimum Gasteiger partial charge on any atom is -0.336 e. The molecular formula is C111H120F12N12O6S3. The summed E-state index contributed by atoms with van der Waals surface area (Å²) in [6.45, 7) is -35.8. The molecule has 3 amide bonds. The summed E-state index contributed by atoms with van der Waals surface area (Å²) in [6, 6.07) is -19.2. The summed E-state index contributed by atoms with van der Waals surface area (Å²) in [5.74, 6) is -12.2. The van der Waals surface area contributed by atoms with Crippen LogP contribution in [0, 0.1) is 30.3 Å². The summed E-state index contributed by atoms with van der Waals surface area (Å²) in [7, 11) is 0. The Morgan fingerprint density at radius 1 is 0.451 bits per heavy atom. The first-order valence-corrected chi connectivity index (χ1v) is 45.7. The minimum atomic E-state index is -5.54. The second-order valence-corrected chi connectivity index (χ2v) is 33.0. The molecule has 2 unspecified atom stereocenters. The van der Waals surface area contributed by atoms with E-state index in [0.717, 1.165) is 30.8 Å². The predicted molar refractivity (Wildman–Crippen MR) is 544 cm³/mol. The van der Waals surface area contributed by atoms with Crippen LogP contribution in [0.1, 0.15) is 239 Å². The van der Waals surface area contributed by atoms with E-state index in [0.29, 0.717) is 112 Å². The number of nitrogens with zero attached hydrogens (tertiary/aromatic N) is 12. The lowest BCUT2D eigenvalue weighted by Gasteiger charge is -2.33.